The Morgan fingerprint density at radius 1 is 1.00 bits per heavy atom. The third-order valence-corrected chi connectivity index (χ3v) is 9.01. The number of carbonyl (C=O) groups excluding carboxylic acids is 3. The lowest BCUT2D eigenvalue weighted by Crippen LogP contribution is -2.58. The molecule has 0 saturated heterocycles. The Morgan fingerprint density at radius 2 is 1.73 bits per heavy atom. The first-order valence-corrected chi connectivity index (χ1v) is 14.1. The molecule has 3 heterocycles. The van der Waals surface area contributed by atoms with E-state index in [1.807, 2.05) is 0 Å². The highest BCUT2D eigenvalue weighted by atomic mass is 35.5. The van der Waals surface area contributed by atoms with Gasteiger partial charge in [0.05, 0.1) is 45.4 Å². The second-order valence-electron chi connectivity index (χ2n) is 10.9. The molecule has 2 aliphatic heterocycles. The summed E-state index contributed by atoms with van der Waals surface area (Å²) in [4.78, 5) is 59.1. The zero-order valence-corrected chi connectivity index (χ0v) is 25.6. The minimum absolute atomic E-state index is 0.0130. The van der Waals surface area contributed by atoms with E-state index in [-0.39, 0.29) is 51.0 Å². The molecule has 44 heavy (non-hydrogen) atoms. The minimum Gasteiger partial charge on any atom is -0.497 e. The highest BCUT2D eigenvalue weighted by molar-refractivity contribution is 6.36. The van der Waals surface area contributed by atoms with Gasteiger partial charge in [-0.25, -0.2) is 4.79 Å². The number of dihydropyridines is 1. The fourth-order valence-electron chi connectivity index (χ4n) is 6.50. The zero-order chi connectivity index (χ0) is 31.7. The number of H-pyrrole nitrogens is 1. The average molecular weight is 621 g/mol. The van der Waals surface area contributed by atoms with Gasteiger partial charge >= 0.3 is 5.97 Å². The first kappa shape index (κ1) is 29.3. The van der Waals surface area contributed by atoms with Crippen LogP contribution in [0.1, 0.15) is 42.1 Å². The molecule has 3 aromatic rings. The lowest BCUT2D eigenvalue weighted by molar-refractivity contribution is -0.136. The first-order valence-electron chi connectivity index (χ1n) is 13.7. The zero-order valence-electron chi connectivity index (χ0n) is 24.8. The fourth-order valence-corrected chi connectivity index (χ4v) is 6.77. The molecule has 0 bridgehead atoms. The number of ketones is 2. The van der Waals surface area contributed by atoms with Gasteiger partial charge in [0.2, 0.25) is 17.2 Å². The molecule has 1 spiro atoms. The van der Waals surface area contributed by atoms with Crippen molar-refractivity contribution in [2.24, 2.45) is 5.92 Å². The van der Waals surface area contributed by atoms with Crippen LogP contribution in [0.15, 0.2) is 57.7 Å². The van der Waals surface area contributed by atoms with Crippen molar-refractivity contribution < 1.29 is 38.1 Å². The van der Waals surface area contributed by atoms with Gasteiger partial charge < -0.3 is 34.0 Å². The molecule has 228 valence electrons. The van der Waals surface area contributed by atoms with E-state index in [4.69, 9.17) is 35.3 Å². The number of methoxy groups -OCH3 is 4. The maximum atomic E-state index is 14.9. The number of nitrogens with one attached hydrogen (secondary N) is 2. The molecule has 2 N–H and O–H groups in total. The van der Waals surface area contributed by atoms with E-state index < -0.39 is 40.5 Å². The number of allylic oxidation sites excluding steroid dienone is 2. The van der Waals surface area contributed by atoms with Crippen LogP contribution in [-0.2, 0) is 14.3 Å². The standard InChI is InChI=1S/C32H29ClN2O9/c1-13-9-19-24(28(36)32(13)29(37)25-20(41-4)12-21(42-5)26(33)27(25)44-32)23(22(14(2)34-19)31(39)43-6)17-10-15-7-8-16(40-3)11-18(15)35-30(17)38/h7-8,10-13,23,34H,9H2,1-6H3,(H,35,38)/t13-,23+,32+/m1/s1. The highest BCUT2D eigenvalue weighted by Crippen LogP contribution is 2.56. The van der Waals surface area contributed by atoms with E-state index in [0.717, 1.165) is 0 Å². The lowest BCUT2D eigenvalue weighted by Gasteiger charge is -2.42. The second kappa shape index (κ2) is 10.4. The third kappa shape index (κ3) is 3.95. The SMILES string of the molecule is COC(=O)C1=C(C)NC2=C(C(=O)[C@@]3(Oc4c(Cl)c(OC)cc(OC)c4C3=O)[C@H](C)C2)[C@H]1c1cc2ccc(OC)cc2[nH]c1=O. The number of aromatic amines is 1. The Kier molecular flexibility index (Phi) is 6.96. The van der Waals surface area contributed by atoms with Crippen molar-refractivity contribution >= 4 is 40.0 Å². The molecular formula is C32H29ClN2O9. The summed E-state index contributed by atoms with van der Waals surface area (Å²) in [6, 6.07) is 8.24. The Morgan fingerprint density at radius 3 is 2.39 bits per heavy atom. The van der Waals surface area contributed by atoms with Gasteiger partial charge in [0.1, 0.15) is 27.8 Å². The van der Waals surface area contributed by atoms with Crippen LogP contribution in [0.25, 0.3) is 10.9 Å². The summed E-state index contributed by atoms with van der Waals surface area (Å²) in [6.45, 7) is 3.40. The number of rotatable bonds is 5. The van der Waals surface area contributed by atoms with Crippen molar-refractivity contribution in [1.82, 2.24) is 10.3 Å². The summed E-state index contributed by atoms with van der Waals surface area (Å²) in [5.74, 6) is -3.10. The predicted octanol–water partition coefficient (Wildman–Crippen LogP) is 4.22. The maximum absolute atomic E-state index is 14.9. The number of ether oxygens (including phenoxy) is 5. The first-order chi connectivity index (χ1) is 21.0. The molecule has 1 aliphatic carbocycles. The fraction of sp³-hybridized carbons (Fsp3) is 0.312. The van der Waals surface area contributed by atoms with Crippen LogP contribution >= 0.6 is 11.6 Å². The van der Waals surface area contributed by atoms with Gasteiger partial charge in [0.15, 0.2) is 5.75 Å². The number of hydrogen-bond donors (Lipinski definition) is 2. The van der Waals surface area contributed by atoms with Gasteiger partial charge in [-0.1, -0.05) is 18.5 Å². The summed E-state index contributed by atoms with van der Waals surface area (Å²) < 4.78 is 27.6. The number of Topliss-reactive ketones (excluding diaryl/α,β-unsaturated/α-hetero) is 2. The van der Waals surface area contributed by atoms with E-state index in [1.165, 1.54) is 34.5 Å². The normalized spacial score (nSPS) is 22.4. The van der Waals surface area contributed by atoms with Crippen LogP contribution < -0.4 is 29.8 Å². The Balaban J connectivity index is 1.58. The van der Waals surface area contributed by atoms with Crippen LogP contribution in [0.2, 0.25) is 5.02 Å². The second-order valence-corrected chi connectivity index (χ2v) is 11.3. The smallest absolute Gasteiger partial charge is 0.336 e. The van der Waals surface area contributed by atoms with Crippen molar-refractivity contribution in [2.45, 2.75) is 31.8 Å². The van der Waals surface area contributed by atoms with Crippen molar-refractivity contribution in [3.05, 3.63) is 79.4 Å². The van der Waals surface area contributed by atoms with Crippen LogP contribution in [0.3, 0.4) is 0 Å². The number of esters is 1. The van der Waals surface area contributed by atoms with Gasteiger partial charge in [-0.05, 0) is 36.9 Å². The predicted molar refractivity (Wildman–Crippen MR) is 160 cm³/mol. The molecule has 2 aromatic carbocycles. The van der Waals surface area contributed by atoms with E-state index >= 15 is 0 Å². The summed E-state index contributed by atoms with van der Waals surface area (Å²) in [5, 5.41) is 3.83. The van der Waals surface area contributed by atoms with Gasteiger partial charge in [-0.2, -0.15) is 0 Å². The number of aromatic nitrogens is 1. The number of hydrogen-bond acceptors (Lipinski definition) is 10. The summed E-state index contributed by atoms with van der Waals surface area (Å²) in [6.07, 6.45) is 0.183. The number of carbonyl (C=O) groups is 3. The number of benzene rings is 2. The highest BCUT2D eigenvalue weighted by Gasteiger charge is 2.64. The van der Waals surface area contributed by atoms with E-state index in [0.29, 0.717) is 28.0 Å². The average Bonchev–Trinajstić information content (AvgIpc) is 3.33. The summed E-state index contributed by atoms with van der Waals surface area (Å²) in [5.41, 5.74) is -0.942. The lowest BCUT2D eigenvalue weighted by atomic mass is 9.65. The largest absolute Gasteiger partial charge is 0.497 e. The van der Waals surface area contributed by atoms with Gasteiger partial charge in [-0.3, -0.25) is 14.4 Å². The Bertz CT molecular complexity index is 1920. The van der Waals surface area contributed by atoms with Crippen molar-refractivity contribution in [1.29, 1.82) is 0 Å². The Hall–Kier alpha value is -4.77. The summed E-state index contributed by atoms with van der Waals surface area (Å²) in [7, 11) is 5.52. The molecule has 3 aliphatic rings. The van der Waals surface area contributed by atoms with E-state index in [2.05, 4.69) is 10.3 Å². The Labute approximate surface area is 256 Å². The molecular weight excluding hydrogens is 592 g/mol. The van der Waals surface area contributed by atoms with Crippen molar-refractivity contribution in [3.63, 3.8) is 0 Å². The number of halogens is 1. The molecule has 0 saturated carbocycles. The molecule has 0 radical (unpaired) electrons. The third-order valence-electron chi connectivity index (χ3n) is 8.65. The minimum atomic E-state index is -2.05. The van der Waals surface area contributed by atoms with Gasteiger partial charge in [-0.15, -0.1) is 0 Å². The molecule has 1 aromatic heterocycles. The van der Waals surface area contributed by atoms with Crippen molar-refractivity contribution in [3.8, 4) is 23.0 Å². The van der Waals surface area contributed by atoms with Gasteiger partial charge in [0, 0.05) is 40.6 Å². The number of pyridine rings is 1. The number of fused-ring (bicyclic) bond motifs is 2. The van der Waals surface area contributed by atoms with Crippen LogP contribution in [0, 0.1) is 5.92 Å². The summed E-state index contributed by atoms with van der Waals surface area (Å²) >= 11 is 6.59. The van der Waals surface area contributed by atoms with Crippen LogP contribution in [-0.4, -0.2) is 56.6 Å². The molecule has 0 fully saturated rings. The molecule has 0 unspecified atom stereocenters. The topological polar surface area (TPSA) is 142 Å². The quantitative estimate of drug-likeness (QED) is 0.314. The molecule has 12 heteroatoms. The monoisotopic (exact) mass is 620 g/mol. The molecule has 3 atom stereocenters. The molecule has 6 rings (SSSR count). The van der Waals surface area contributed by atoms with E-state index in [9.17, 15) is 19.2 Å². The van der Waals surface area contributed by atoms with E-state index in [1.54, 1.807) is 38.1 Å². The molecule has 0 amide bonds. The maximum Gasteiger partial charge on any atom is 0.336 e. The molecule has 11 nitrogen and oxygen atoms in total. The van der Waals surface area contributed by atoms with Crippen LogP contribution in [0.5, 0.6) is 23.0 Å². The van der Waals surface area contributed by atoms with Crippen LogP contribution in [0.4, 0.5) is 0 Å². The van der Waals surface area contributed by atoms with Crippen molar-refractivity contribution in [2.75, 3.05) is 28.4 Å². The van der Waals surface area contributed by atoms with Gasteiger partial charge in [0.25, 0.3) is 5.56 Å².